The van der Waals surface area contributed by atoms with E-state index in [0.29, 0.717) is 14.3 Å². The van der Waals surface area contributed by atoms with Crippen molar-refractivity contribution in [2.45, 2.75) is 46.6 Å². The van der Waals surface area contributed by atoms with Gasteiger partial charge in [-0.15, -0.1) is 0 Å². The van der Waals surface area contributed by atoms with Gasteiger partial charge in [-0.1, -0.05) is 77.9 Å². The van der Waals surface area contributed by atoms with E-state index < -0.39 is 0 Å². The minimum absolute atomic E-state index is 0.0519. The molecule has 0 aromatic heterocycles. The Labute approximate surface area is 177 Å². The standard InChI is InChI=1S/C26H32NOP/c1-18-11-10-14-22(27(6)17-20-12-8-7-9-13-20)25(18)29-23-16-21(26(3,4)5)15-19(2)24(23)28/h7-16,28-29H,17H2,1-6H3. The molecule has 3 aromatic rings. The Kier molecular flexibility index (Phi) is 6.34. The molecule has 0 heterocycles. The van der Waals surface area contributed by atoms with Gasteiger partial charge in [-0.3, -0.25) is 0 Å². The molecule has 152 valence electrons. The van der Waals surface area contributed by atoms with Crippen molar-refractivity contribution in [3.63, 3.8) is 0 Å². The van der Waals surface area contributed by atoms with Gasteiger partial charge in [0, 0.05) is 29.9 Å². The first-order valence-electron chi connectivity index (χ1n) is 10.1. The largest absolute Gasteiger partial charge is 0.507 e. The lowest BCUT2D eigenvalue weighted by atomic mass is 9.86. The number of anilines is 1. The first-order chi connectivity index (χ1) is 13.7. The summed E-state index contributed by atoms with van der Waals surface area (Å²) in [5, 5.41) is 13.1. The minimum atomic E-state index is 0.0519. The highest BCUT2D eigenvalue weighted by Crippen LogP contribution is 2.32. The molecule has 2 nitrogen and oxygen atoms in total. The molecule has 0 aliphatic carbocycles. The van der Waals surface area contributed by atoms with Gasteiger partial charge in [0.25, 0.3) is 0 Å². The van der Waals surface area contributed by atoms with E-state index in [1.165, 1.54) is 27.7 Å². The molecule has 1 N–H and O–H groups in total. The van der Waals surface area contributed by atoms with Crippen molar-refractivity contribution >= 4 is 24.9 Å². The van der Waals surface area contributed by atoms with E-state index in [1.807, 2.05) is 6.92 Å². The summed E-state index contributed by atoms with van der Waals surface area (Å²) in [6.45, 7) is 11.7. The summed E-state index contributed by atoms with van der Waals surface area (Å²) in [7, 11) is 2.55. The number of aromatic hydroxyl groups is 1. The molecule has 0 aliphatic heterocycles. The third-order valence-electron chi connectivity index (χ3n) is 5.35. The average molecular weight is 406 g/mol. The molecule has 0 radical (unpaired) electrons. The van der Waals surface area contributed by atoms with Crippen LogP contribution in [-0.4, -0.2) is 12.2 Å². The van der Waals surface area contributed by atoms with E-state index in [0.717, 1.165) is 17.4 Å². The van der Waals surface area contributed by atoms with Gasteiger partial charge in [0.15, 0.2) is 0 Å². The summed E-state index contributed by atoms with van der Waals surface area (Å²) in [5.41, 5.74) is 6.05. The lowest BCUT2D eigenvalue weighted by molar-refractivity contribution is 0.474. The molecule has 0 fully saturated rings. The fourth-order valence-corrected chi connectivity index (χ4v) is 5.01. The molecule has 0 bridgehead atoms. The Morgan fingerprint density at radius 1 is 0.897 bits per heavy atom. The quantitative estimate of drug-likeness (QED) is 0.561. The molecule has 3 heteroatoms. The van der Waals surface area contributed by atoms with Crippen LogP contribution < -0.4 is 15.5 Å². The minimum Gasteiger partial charge on any atom is -0.507 e. The van der Waals surface area contributed by atoms with Crippen molar-refractivity contribution in [3.8, 4) is 5.75 Å². The number of benzene rings is 3. The number of rotatable bonds is 5. The fourth-order valence-electron chi connectivity index (χ4n) is 3.52. The van der Waals surface area contributed by atoms with Crippen LogP contribution in [0.4, 0.5) is 5.69 Å². The van der Waals surface area contributed by atoms with Crippen molar-refractivity contribution in [1.82, 2.24) is 0 Å². The number of hydrogen-bond acceptors (Lipinski definition) is 2. The zero-order valence-electron chi connectivity index (χ0n) is 18.4. The van der Waals surface area contributed by atoms with Crippen LogP contribution in [0, 0.1) is 13.8 Å². The topological polar surface area (TPSA) is 23.5 Å². The molecular weight excluding hydrogens is 373 g/mol. The van der Waals surface area contributed by atoms with Crippen LogP contribution in [-0.2, 0) is 12.0 Å². The lowest BCUT2D eigenvalue weighted by Gasteiger charge is -2.25. The van der Waals surface area contributed by atoms with Crippen LogP contribution in [0.1, 0.15) is 43.0 Å². The zero-order chi connectivity index (χ0) is 21.2. The molecule has 3 rings (SSSR count). The molecule has 3 aromatic carbocycles. The molecule has 0 aliphatic rings. The van der Waals surface area contributed by atoms with Crippen molar-refractivity contribution < 1.29 is 5.11 Å². The highest BCUT2D eigenvalue weighted by atomic mass is 31.1. The Morgan fingerprint density at radius 2 is 1.59 bits per heavy atom. The van der Waals surface area contributed by atoms with Crippen LogP contribution in [0.15, 0.2) is 60.7 Å². The highest BCUT2D eigenvalue weighted by molar-refractivity contribution is 7.56. The van der Waals surface area contributed by atoms with E-state index in [4.69, 9.17) is 0 Å². The van der Waals surface area contributed by atoms with Gasteiger partial charge in [-0.2, -0.15) is 0 Å². The summed E-state index contributed by atoms with van der Waals surface area (Å²) in [5.74, 6) is 0.427. The maximum absolute atomic E-state index is 10.8. The maximum atomic E-state index is 10.8. The second-order valence-electron chi connectivity index (χ2n) is 8.88. The lowest BCUT2D eigenvalue weighted by Crippen LogP contribution is -2.24. The Balaban J connectivity index is 1.99. The van der Waals surface area contributed by atoms with Gasteiger partial charge in [0.1, 0.15) is 5.75 Å². The predicted octanol–water partition coefficient (Wildman–Crippen LogP) is 5.57. The van der Waals surface area contributed by atoms with Gasteiger partial charge in [0.05, 0.1) is 0 Å². The normalized spacial score (nSPS) is 11.9. The molecule has 1 atom stereocenters. The number of nitrogens with zero attached hydrogens (tertiary/aromatic N) is 1. The molecule has 0 amide bonds. The van der Waals surface area contributed by atoms with Crippen LogP contribution in [0.2, 0.25) is 0 Å². The van der Waals surface area contributed by atoms with E-state index in [9.17, 15) is 5.11 Å². The number of phenolic OH excluding ortho intramolecular Hbond substituents is 1. The maximum Gasteiger partial charge on any atom is 0.126 e. The average Bonchev–Trinajstić information content (AvgIpc) is 2.66. The van der Waals surface area contributed by atoms with Gasteiger partial charge in [0.2, 0.25) is 0 Å². The Bertz CT molecular complexity index is 990. The molecule has 29 heavy (non-hydrogen) atoms. The van der Waals surface area contributed by atoms with Gasteiger partial charge < -0.3 is 10.0 Å². The second-order valence-corrected chi connectivity index (χ2v) is 10.2. The Hall–Kier alpha value is -2.31. The van der Waals surface area contributed by atoms with Crippen LogP contribution in [0.5, 0.6) is 5.75 Å². The monoisotopic (exact) mass is 405 g/mol. The summed E-state index contributed by atoms with van der Waals surface area (Å²) in [4.78, 5) is 2.31. The van der Waals surface area contributed by atoms with Crippen molar-refractivity contribution in [1.29, 1.82) is 0 Å². The van der Waals surface area contributed by atoms with Gasteiger partial charge in [-0.05, 0) is 53.6 Å². The SMILES string of the molecule is Cc1cc(C(C)(C)C)cc(Pc2c(C)cccc2N(C)Cc2ccccc2)c1O. The summed E-state index contributed by atoms with van der Waals surface area (Å²) >= 11 is 0. The van der Waals surface area contributed by atoms with Crippen LogP contribution in [0.3, 0.4) is 0 Å². The molecule has 1 unspecified atom stereocenters. The first-order valence-corrected chi connectivity index (χ1v) is 11.1. The summed E-state index contributed by atoms with van der Waals surface area (Å²) in [6.07, 6.45) is 0. The molecule has 0 saturated carbocycles. The highest BCUT2D eigenvalue weighted by Gasteiger charge is 2.19. The molecular formula is C26H32NOP. The third kappa shape index (κ3) is 5.00. The third-order valence-corrected chi connectivity index (χ3v) is 6.90. The first kappa shape index (κ1) is 21.4. The number of aryl methyl sites for hydroxylation is 2. The van der Waals surface area contributed by atoms with E-state index in [-0.39, 0.29) is 5.41 Å². The fraction of sp³-hybridized carbons (Fsp3) is 0.308. The van der Waals surface area contributed by atoms with Crippen molar-refractivity contribution in [2.24, 2.45) is 0 Å². The van der Waals surface area contributed by atoms with Crippen LogP contribution >= 0.6 is 8.58 Å². The number of hydrogen-bond donors (Lipinski definition) is 1. The van der Waals surface area contributed by atoms with Crippen molar-refractivity contribution in [3.05, 3.63) is 82.9 Å². The molecule has 0 spiro atoms. The van der Waals surface area contributed by atoms with E-state index >= 15 is 0 Å². The zero-order valence-corrected chi connectivity index (χ0v) is 19.4. The summed E-state index contributed by atoms with van der Waals surface area (Å²) < 4.78 is 0. The summed E-state index contributed by atoms with van der Waals surface area (Å²) in [6, 6.07) is 21.3. The predicted molar refractivity (Wildman–Crippen MR) is 129 cm³/mol. The Morgan fingerprint density at radius 3 is 2.24 bits per heavy atom. The van der Waals surface area contributed by atoms with Gasteiger partial charge in [-0.25, -0.2) is 0 Å². The van der Waals surface area contributed by atoms with E-state index in [2.05, 4.69) is 100 Å². The van der Waals surface area contributed by atoms with Crippen molar-refractivity contribution in [2.75, 3.05) is 11.9 Å². The second kappa shape index (κ2) is 8.59. The smallest absolute Gasteiger partial charge is 0.126 e. The van der Waals surface area contributed by atoms with E-state index in [1.54, 1.807) is 0 Å². The van der Waals surface area contributed by atoms with Crippen LogP contribution in [0.25, 0.3) is 0 Å². The number of phenols is 1. The molecule has 0 saturated heterocycles. The van der Waals surface area contributed by atoms with Gasteiger partial charge >= 0.3 is 0 Å².